The fraction of sp³-hybridized carbons (Fsp3) is 0.143. The molecule has 0 saturated carbocycles. The predicted molar refractivity (Wildman–Crippen MR) is 141 cm³/mol. The monoisotopic (exact) mass is 549 g/mol. The third-order valence-electron chi connectivity index (χ3n) is 7.14. The number of benzene rings is 4. The number of methoxy groups -OCH3 is 1. The second-order valence-corrected chi connectivity index (χ2v) is 9.07. The highest BCUT2D eigenvalue weighted by atomic mass is 35.5. The van der Waals surface area contributed by atoms with Crippen molar-refractivity contribution in [1.82, 2.24) is 0 Å². The Kier molecular flexibility index (Phi) is 5.65. The van der Waals surface area contributed by atoms with Gasteiger partial charge in [-0.3, -0.25) is 10.1 Å². The zero-order chi connectivity index (χ0) is 26.1. The Balaban J connectivity index is 0.00000277. The maximum Gasteiger partial charge on any atom is 0.346 e. The van der Waals surface area contributed by atoms with Gasteiger partial charge >= 0.3 is 11.7 Å². The lowest BCUT2D eigenvalue weighted by Crippen LogP contribution is -2.38. The van der Waals surface area contributed by atoms with Gasteiger partial charge < -0.3 is 18.9 Å². The molecular formula is C28H19ClFN2O7+. The molecule has 7 rings (SSSR count). The molecule has 9 nitrogen and oxygen atoms in total. The Hall–Kier alpha value is -4.70. The van der Waals surface area contributed by atoms with Crippen LogP contribution in [0, 0.1) is 15.9 Å². The van der Waals surface area contributed by atoms with Crippen LogP contribution in [-0.4, -0.2) is 24.8 Å². The number of rotatable bonds is 4. The van der Waals surface area contributed by atoms with Crippen molar-refractivity contribution in [3.8, 4) is 23.0 Å². The molecule has 39 heavy (non-hydrogen) atoms. The Morgan fingerprint density at radius 3 is 2.67 bits per heavy atom. The largest absolute Gasteiger partial charge is 0.493 e. The van der Waals surface area contributed by atoms with E-state index in [-0.39, 0.29) is 30.7 Å². The molecule has 2 aliphatic heterocycles. The highest BCUT2D eigenvalue weighted by molar-refractivity contribution is 6.17. The van der Waals surface area contributed by atoms with Crippen molar-refractivity contribution in [2.24, 2.45) is 0 Å². The Morgan fingerprint density at radius 1 is 1.08 bits per heavy atom. The second kappa shape index (κ2) is 8.95. The molecule has 3 heterocycles. The number of hydrogen-bond acceptors (Lipinski definition) is 7. The molecular weight excluding hydrogens is 531 g/mol. The fourth-order valence-corrected chi connectivity index (χ4v) is 5.47. The van der Waals surface area contributed by atoms with Gasteiger partial charge in [-0.05, 0) is 42.0 Å². The van der Waals surface area contributed by atoms with Gasteiger partial charge in [-0.1, -0.05) is 6.07 Å². The summed E-state index contributed by atoms with van der Waals surface area (Å²) in [5, 5.41) is 15.5. The molecule has 5 aromatic rings. The molecule has 1 aromatic heterocycles. The molecule has 0 bridgehead atoms. The first-order chi connectivity index (χ1) is 18.5. The molecule has 0 amide bonds. The summed E-state index contributed by atoms with van der Waals surface area (Å²) in [7, 11) is 1.44. The number of pyridine rings is 1. The summed E-state index contributed by atoms with van der Waals surface area (Å²) >= 11 is 0. The number of nitrogens with zero attached hydrogens (tertiary/aromatic N) is 2. The zero-order valence-corrected chi connectivity index (χ0v) is 21.2. The summed E-state index contributed by atoms with van der Waals surface area (Å²) in [5.41, 5.74) is 0.829. The van der Waals surface area contributed by atoms with E-state index in [0.29, 0.717) is 11.9 Å². The van der Waals surface area contributed by atoms with E-state index in [2.05, 4.69) is 4.57 Å². The number of carbonyl (C=O) groups excluding carboxylic acids is 1. The minimum absolute atomic E-state index is 0. The lowest BCUT2D eigenvalue weighted by Gasteiger charge is -2.18. The van der Waals surface area contributed by atoms with E-state index in [9.17, 15) is 19.3 Å². The molecule has 0 N–H and O–H groups in total. The number of hydrogen-bond donors (Lipinski definition) is 0. The summed E-state index contributed by atoms with van der Waals surface area (Å²) in [5.74, 6) is -0.484. The molecule has 11 heteroatoms. The number of ether oxygens (including phenoxy) is 4. The van der Waals surface area contributed by atoms with Crippen molar-refractivity contribution in [3.05, 3.63) is 81.8 Å². The minimum atomic E-state index is -1.26. The van der Waals surface area contributed by atoms with Crippen LogP contribution in [0.5, 0.6) is 23.0 Å². The SMILES string of the molecule is COc1ccc2c(c[n+]3c4c2ccc2c5c(cc(c24)CC3)OCO5)c1OC(=O)c1cccc([N+](=O)[O-])c1F.Cl. The average molecular weight is 550 g/mol. The molecule has 196 valence electrons. The number of halogens is 2. The lowest BCUT2D eigenvalue weighted by atomic mass is 9.93. The second-order valence-electron chi connectivity index (χ2n) is 9.07. The molecule has 2 aliphatic rings. The van der Waals surface area contributed by atoms with Crippen LogP contribution in [0.25, 0.3) is 32.4 Å². The molecule has 0 radical (unpaired) electrons. The van der Waals surface area contributed by atoms with Crippen LogP contribution in [0.3, 0.4) is 0 Å². The number of carbonyl (C=O) groups is 1. The van der Waals surface area contributed by atoms with Gasteiger partial charge in [0.05, 0.1) is 28.2 Å². The molecule has 0 aliphatic carbocycles. The average Bonchev–Trinajstić information content (AvgIpc) is 3.40. The third-order valence-corrected chi connectivity index (χ3v) is 7.14. The number of esters is 1. The van der Waals surface area contributed by atoms with Gasteiger partial charge in [-0.15, -0.1) is 12.4 Å². The summed E-state index contributed by atoms with van der Waals surface area (Å²) in [4.78, 5) is 23.3. The predicted octanol–water partition coefficient (Wildman–Crippen LogP) is 5.42. The molecule has 0 saturated heterocycles. The van der Waals surface area contributed by atoms with Crippen LogP contribution >= 0.6 is 12.4 Å². The van der Waals surface area contributed by atoms with Crippen molar-refractivity contribution in [2.75, 3.05) is 13.9 Å². The van der Waals surface area contributed by atoms with Gasteiger partial charge in [0.15, 0.2) is 35.7 Å². The number of aromatic nitrogens is 1. The molecule has 0 spiro atoms. The van der Waals surface area contributed by atoms with Crippen LogP contribution in [-0.2, 0) is 13.0 Å². The first kappa shape index (κ1) is 24.6. The lowest BCUT2D eigenvalue weighted by molar-refractivity contribution is -0.670. The quantitative estimate of drug-likeness (QED) is 0.0737. The van der Waals surface area contributed by atoms with Crippen molar-refractivity contribution < 1.29 is 37.6 Å². The van der Waals surface area contributed by atoms with Crippen LogP contribution in [0.15, 0.2) is 54.7 Å². The van der Waals surface area contributed by atoms with Crippen molar-refractivity contribution in [3.63, 3.8) is 0 Å². The zero-order valence-electron chi connectivity index (χ0n) is 20.4. The Morgan fingerprint density at radius 2 is 1.87 bits per heavy atom. The number of fused-ring (bicyclic) bond motifs is 4. The van der Waals surface area contributed by atoms with Crippen LogP contribution in [0.1, 0.15) is 15.9 Å². The van der Waals surface area contributed by atoms with E-state index in [1.807, 2.05) is 30.5 Å². The van der Waals surface area contributed by atoms with Gasteiger partial charge in [0, 0.05) is 23.3 Å². The smallest absolute Gasteiger partial charge is 0.346 e. The van der Waals surface area contributed by atoms with Crippen LogP contribution in [0.2, 0.25) is 0 Å². The van der Waals surface area contributed by atoms with E-state index < -0.39 is 28.0 Å². The maximum absolute atomic E-state index is 14.8. The van der Waals surface area contributed by atoms with Gasteiger partial charge in [0.1, 0.15) is 5.56 Å². The fourth-order valence-electron chi connectivity index (χ4n) is 5.47. The van der Waals surface area contributed by atoms with Gasteiger partial charge in [-0.25, -0.2) is 4.79 Å². The van der Waals surface area contributed by atoms with Crippen LogP contribution in [0.4, 0.5) is 10.1 Å². The van der Waals surface area contributed by atoms with E-state index >= 15 is 0 Å². The van der Waals surface area contributed by atoms with Gasteiger partial charge in [-0.2, -0.15) is 8.96 Å². The third kappa shape index (κ3) is 3.52. The first-order valence-corrected chi connectivity index (χ1v) is 11.8. The number of nitro groups is 1. The van der Waals surface area contributed by atoms with E-state index in [1.54, 1.807) is 6.07 Å². The van der Waals surface area contributed by atoms with Crippen molar-refractivity contribution in [2.45, 2.75) is 13.0 Å². The van der Waals surface area contributed by atoms with Crippen LogP contribution < -0.4 is 23.5 Å². The molecule has 0 fully saturated rings. The minimum Gasteiger partial charge on any atom is -0.493 e. The molecule has 0 unspecified atom stereocenters. The Bertz CT molecular complexity index is 1890. The molecule has 0 atom stereocenters. The summed E-state index contributed by atoms with van der Waals surface area (Å²) in [6.45, 7) is 0.853. The van der Waals surface area contributed by atoms with Gasteiger partial charge in [0.25, 0.3) is 0 Å². The molecule has 4 aromatic carbocycles. The standard InChI is InChI=1S/C28H18FN2O7.ClH/c1-35-21-8-7-15-16-5-6-17-23-14(11-22-26(17)37-13-36-22)9-10-30(25(16)23)12-19(15)27(21)38-28(32)18-3-2-4-20(24(18)29)31(33)34;/h2-8,11-12H,9-10,13H2,1H3;1H/q+1;. The van der Waals surface area contributed by atoms with Gasteiger partial charge in [0.2, 0.25) is 18.1 Å². The Labute approximate surface area is 225 Å². The van der Waals surface area contributed by atoms with E-state index in [1.165, 1.54) is 13.2 Å². The van der Waals surface area contributed by atoms with Crippen molar-refractivity contribution in [1.29, 1.82) is 0 Å². The highest BCUT2D eigenvalue weighted by Crippen LogP contribution is 2.46. The maximum atomic E-state index is 14.8. The van der Waals surface area contributed by atoms with Crippen molar-refractivity contribution >= 4 is 56.5 Å². The first-order valence-electron chi connectivity index (χ1n) is 11.8. The highest BCUT2D eigenvalue weighted by Gasteiger charge is 2.31. The number of aryl methyl sites for hydroxylation is 2. The summed E-state index contributed by atoms with van der Waals surface area (Å²) in [6, 6.07) is 13.0. The summed E-state index contributed by atoms with van der Waals surface area (Å²) in [6.07, 6.45) is 2.65. The van der Waals surface area contributed by atoms with E-state index in [0.717, 1.165) is 62.7 Å². The number of nitro benzene ring substituents is 1. The summed E-state index contributed by atoms with van der Waals surface area (Å²) < 4.78 is 39.4. The normalized spacial score (nSPS) is 13.1. The topological polar surface area (TPSA) is 101 Å². The van der Waals surface area contributed by atoms with E-state index in [4.69, 9.17) is 18.9 Å².